The zero-order valence-electron chi connectivity index (χ0n) is 14.4. The standard InChI is InChI=1S/C20H18ClN3O2/c1-13-5-3-4-6-16(13)20(25)23-15-8-10-19(22-12-15)24-17-11-14(21)7-9-18(17)26-2/h3-12H,1-2H3,(H,22,24)(H,23,25). The van der Waals surface area contributed by atoms with E-state index in [4.69, 9.17) is 16.3 Å². The Kier molecular flexibility index (Phi) is 5.39. The second-order valence-electron chi connectivity index (χ2n) is 5.67. The Labute approximate surface area is 157 Å². The van der Waals surface area contributed by atoms with E-state index in [1.54, 1.807) is 49.7 Å². The van der Waals surface area contributed by atoms with Gasteiger partial charge < -0.3 is 15.4 Å². The summed E-state index contributed by atoms with van der Waals surface area (Å²) < 4.78 is 5.30. The highest BCUT2D eigenvalue weighted by atomic mass is 35.5. The first-order valence-corrected chi connectivity index (χ1v) is 8.38. The molecule has 1 heterocycles. The van der Waals surface area contributed by atoms with Gasteiger partial charge in [0.1, 0.15) is 11.6 Å². The van der Waals surface area contributed by atoms with Crippen molar-refractivity contribution in [1.82, 2.24) is 4.98 Å². The molecule has 0 aliphatic heterocycles. The average molecular weight is 368 g/mol. The smallest absolute Gasteiger partial charge is 0.255 e. The number of hydrogen-bond donors (Lipinski definition) is 2. The molecule has 3 rings (SSSR count). The number of halogens is 1. The van der Waals surface area contributed by atoms with Crippen LogP contribution in [0.4, 0.5) is 17.2 Å². The highest BCUT2D eigenvalue weighted by Crippen LogP contribution is 2.30. The molecule has 0 saturated heterocycles. The number of nitrogens with one attached hydrogen (secondary N) is 2. The van der Waals surface area contributed by atoms with Gasteiger partial charge in [-0.2, -0.15) is 0 Å². The van der Waals surface area contributed by atoms with Gasteiger partial charge in [-0.15, -0.1) is 0 Å². The van der Waals surface area contributed by atoms with Crippen LogP contribution in [0.25, 0.3) is 0 Å². The van der Waals surface area contributed by atoms with E-state index in [2.05, 4.69) is 15.6 Å². The molecule has 5 nitrogen and oxygen atoms in total. The predicted octanol–water partition coefficient (Wildman–Crippen LogP) is 5.05. The fourth-order valence-corrected chi connectivity index (χ4v) is 2.66. The lowest BCUT2D eigenvalue weighted by atomic mass is 10.1. The SMILES string of the molecule is COc1ccc(Cl)cc1Nc1ccc(NC(=O)c2ccccc2C)cn1. The molecule has 3 aromatic rings. The molecular weight excluding hydrogens is 350 g/mol. The topological polar surface area (TPSA) is 63.2 Å². The van der Waals surface area contributed by atoms with E-state index in [0.29, 0.717) is 33.5 Å². The van der Waals surface area contributed by atoms with Crippen molar-refractivity contribution in [3.63, 3.8) is 0 Å². The van der Waals surface area contributed by atoms with E-state index in [1.807, 2.05) is 25.1 Å². The minimum Gasteiger partial charge on any atom is -0.495 e. The van der Waals surface area contributed by atoms with Gasteiger partial charge >= 0.3 is 0 Å². The quantitative estimate of drug-likeness (QED) is 0.662. The predicted molar refractivity (Wildman–Crippen MR) is 105 cm³/mol. The molecular formula is C20H18ClN3O2. The van der Waals surface area contributed by atoms with Gasteiger partial charge in [-0.3, -0.25) is 4.79 Å². The van der Waals surface area contributed by atoms with Crippen LogP contribution in [-0.4, -0.2) is 18.0 Å². The summed E-state index contributed by atoms with van der Waals surface area (Å²) in [6.07, 6.45) is 1.59. The summed E-state index contributed by atoms with van der Waals surface area (Å²) in [6, 6.07) is 16.3. The first kappa shape index (κ1) is 17.8. The molecule has 6 heteroatoms. The van der Waals surface area contributed by atoms with Crippen molar-refractivity contribution < 1.29 is 9.53 Å². The van der Waals surface area contributed by atoms with Crippen molar-refractivity contribution in [3.8, 4) is 5.75 Å². The van der Waals surface area contributed by atoms with Crippen LogP contribution in [0.2, 0.25) is 5.02 Å². The molecule has 1 aromatic heterocycles. The normalized spacial score (nSPS) is 10.3. The van der Waals surface area contributed by atoms with Crippen molar-refractivity contribution in [3.05, 3.63) is 76.9 Å². The van der Waals surface area contributed by atoms with Gasteiger partial charge in [0, 0.05) is 10.6 Å². The van der Waals surface area contributed by atoms with Gasteiger partial charge in [-0.25, -0.2) is 4.98 Å². The molecule has 2 N–H and O–H groups in total. The minimum atomic E-state index is -0.165. The van der Waals surface area contributed by atoms with Gasteiger partial charge in [0.15, 0.2) is 0 Å². The monoisotopic (exact) mass is 367 g/mol. The minimum absolute atomic E-state index is 0.165. The van der Waals surface area contributed by atoms with Crippen LogP contribution in [0.15, 0.2) is 60.8 Å². The Morgan fingerprint density at radius 1 is 1.12 bits per heavy atom. The van der Waals surface area contributed by atoms with E-state index in [0.717, 1.165) is 5.56 Å². The van der Waals surface area contributed by atoms with E-state index < -0.39 is 0 Å². The molecule has 0 radical (unpaired) electrons. The lowest BCUT2D eigenvalue weighted by molar-refractivity contribution is 0.102. The fraction of sp³-hybridized carbons (Fsp3) is 0.100. The molecule has 0 atom stereocenters. The molecule has 0 unspecified atom stereocenters. The molecule has 2 aromatic carbocycles. The molecule has 0 fully saturated rings. The van der Waals surface area contributed by atoms with Crippen LogP contribution in [-0.2, 0) is 0 Å². The average Bonchev–Trinajstić information content (AvgIpc) is 2.64. The van der Waals surface area contributed by atoms with E-state index in [-0.39, 0.29) is 5.91 Å². The summed E-state index contributed by atoms with van der Waals surface area (Å²) in [5, 5.41) is 6.59. The van der Waals surface area contributed by atoms with Gasteiger partial charge in [0.05, 0.1) is 24.7 Å². The molecule has 1 amide bonds. The number of rotatable bonds is 5. The molecule has 0 bridgehead atoms. The van der Waals surface area contributed by atoms with Crippen LogP contribution in [0, 0.1) is 6.92 Å². The number of benzene rings is 2. The molecule has 26 heavy (non-hydrogen) atoms. The van der Waals surface area contributed by atoms with Crippen molar-refractivity contribution >= 4 is 34.7 Å². The van der Waals surface area contributed by atoms with E-state index in [9.17, 15) is 4.79 Å². The van der Waals surface area contributed by atoms with Crippen molar-refractivity contribution in [2.45, 2.75) is 6.92 Å². The third-order valence-corrected chi connectivity index (χ3v) is 4.07. The maximum absolute atomic E-state index is 12.3. The summed E-state index contributed by atoms with van der Waals surface area (Å²) in [4.78, 5) is 16.7. The maximum atomic E-state index is 12.3. The number of hydrogen-bond acceptors (Lipinski definition) is 4. The van der Waals surface area contributed by atoms with Crippen molar-refractivity contribution in [2.75, 3.05) is 17.7 Å². The number of carbonyl (C=O) groups excluding carboxylic acids is 1. The van der Waals surface area contributed by atoms with Crippen LogP contribution in [0.1, 0.15) is 15.9 Å². The zero-order valence-corrected chi connectivity index (χ0v) is 15.2. The van der Waals surface area contributed by atoms with Crippen LogP contribution >= 0.6 is 11.6 Å². The summed E-state index contributed by atoms with van der Waals surface area (Å²) in [5.41, 5.74) is 2.88. The number of nitrogens with zero attached hydrogens (tertiary/aromatic N) is 1. The van der Waals surface area contributed by atoms with E-state index >= 15 is 0 Å². The number of aromatic nitrogens is 1. The van der Waals surface area contributed by atoms with Gasteiger partial charge in [0.2, 0.25) is 0 Å². The van der Waals surface area contributed by atoms with Gasteiger partial charge in [-0.1, -0.05) is 29.8 Å². The third-order valence-electron chi connectivity index (χ3n) is 3.84. The fourth-order valence-electron chi connectivity index (χ4n) is 2.48. The Bertz CT molecular complexity index is 927. The lowest BCUT2D eigenvalue weighted by Crippen LogP contribution is -2.13. The lowest BCUT2D eigenvalue weighted by Gasteiger charge is -2.12. The van der Waals surface area contributed by atoms with Crippen molar-refractivity contribution in [2.24, 2.45) is 0 Å². The Morgan fingerprint density at radius 2 is 1.92 bits per heavy atom. The Morgan fingerprint density at radius 3 is 2.62 bits per heavy atom. The first-order valence-electron chi connectivity index (χ1n) is 8.00. The van der Waals surface area contributed by atoms with Crippen molar-refractivity contribution in [1.29, 1.82) is 0 Å². The molecule has 0 spiro atoms. The van der Waals surface area contributed by atoms with Crippen LogP contribution < -0.4 is 15.4 Å². The highest BCUT2D eigenvalue weighted by molar-refractivity contribution is 6.31. The molecule has 132 valence electrons. The summed E-state index contributed by atoms with van der Waals surface area (Å²) >= 11 is 6.03. The first-order chi connectivity index (χ1) is 12.6. The number of anilines is 3. The van der Waals surface area contributed by atoms with E-state index in [1.165, 1.54) is 0 Å². The van der Waals surface area contributed by atoms with Crippen LogP contribution in [0.5, 0.6) is 5.75 Å². The number of methoxy groups -OCH3 is 1. The van der Waals surface area contributed by atoms with Gasteiger partial charge in [-0.05, 0) is 48.9 Å². The number of aryl methyl sites for hydroxylation is 1. The number of ether oxygens (including phenoxy) is 1. The summed E-state index contributed by atoms with van der Waals surface area (Å²) in [7, 11) is 1.59. The second kappa shape index (κ2) is 7.89. The Hall–Kier alpha value is -3.05. The third kappa shape index (κ3) is 4.13. The number of amides is 1. The Balaban J connectivity index is 1.72. The number of pyridine rings is 1. The largest absolute Gasteiger partial charge is 0.495 e. The zero-order chi connectivity index (χ0) is 18.5. The summed E-state index contributed by atoms with van der Waals surface area (Å²) in [5.74, 6) is 1.11. The summed E-state index contributed by atoms with van der Waals surface area (Å²) in [6.45, 7) is 1.90. The molecule has 0 aliphatic carbocycles. The molecule has 0 aliphatic rings. The number of carbonyl (C=O) groups is 1. The maximum Gasteiger partial charge on any atom is 0.255 e. The molecule has 0 saturated carbocycles. The highest BCUT2D eigenvalue weighted by Gasteiger charge is 2.09. The van der Waals surface area contributed by atoms with Crippen LogP contribution in [0.3, 0.4) is 0 Å². The second-order valence-corrected chi connectivity index (χ2v) is 6.11. The van der Waals surface area contributed by atoms with Gasteiger partial charge in [0.25, 0.3) is 5.91 Å².